The Kier molecular flexibility index (Phi) is 13.7. The Balaban J connectivity index is 1.55. The number of hydrogen-bond acceptors (Lipinski definition) is 7. The topological polar surface area (TPSA) is 135 Å². The van der Waals surface area contributed by atoms with Crippen molar-refractivity contribution >= 4 is 17.9 Å². The number of aliphatic hydroxyl groups excluding tert-OH is 1. The molecule has 0 radical (unpaired) electrons. The second-order valence-electron chi connectivity index (χ2n) is 14.6. The van der Waals surface area contributed by atoms with Crippen LogP contribution in [0.1, 0.15) is 71.0 Å². The zero-order valence-corrected chi connectivity index (χ0v) is 30.3. The third-order valence-electron chi connectivity index (χ3n) is 8.95. The van der Waals surface area contributed by atoms with E-state index in [9.17, 15) is 32.7 Å². The first-order valence-corrected chi connectivity index (χ1v) is 17.6. The van der Waals surface area contributed by atoms with Crippen LogP contribution < -0.4 is 15.4 Å². The molecular weight excluding hydrogens is 679 g/mol. The number of nitrogens with one attached hydrogen (secondary N) is 2. The first kappa shape index (κ1) is 40.2. The molecule has 0 spiro atoms. The van der Waals surface area contributed by atoms with Gasteiger partial charge in [0.1, 0.15) is 17.4 Å². The molecule has 2 heterocycles. The number of hydrogen-bond donors (Lipinski definition) is 3. The lowest BCUT2D eigenvalue weighted by Gasteiger charge is -2.36. The highest BCUT2D eigenvalue weighted by atomic mass is 19.4. The number of nitrogens with zero attached hydrogens (tertiary/aromatic N) is 3. The standard InChI is InChI=1S/C38H50F3N5O6/c1-25(2)33(35(49)45-18-15-29(16-19-45)46-20-17-42-24-46)44-34(48)28(21-27-11-13-30(14-12-27)51-38(39,40)41)23-32(47)31(22-26-9-7-6-8-10-26)43-36(50)52-37(3,4)5/h6-14,17,20,24-25,28-29,31-33,47H,15-16,18-19,21-23H2,1-5H3,(H,43,50)(H,44,48)/t28?,31?,32?,33-/m0/s1. The quantitative estimate of drug-likeness (QED) is 0.190. The molecule has 4 rings (SSSR count). The molecule has 1 saturated heterocycles. The van der Waals surface area contributed by atoms with E-state index in [2.05, 4.69) is 20.4 Å². The number of benzene rings is 2. The van der Waals surface area contributed by atoms with Gasteiger partial charge in [-0.05, 0) is 82.1 Å². The van der Waals surface area contributed by atoms with Crippen LogP contribution in [0.2, 0.25) is 0 Å². The Labute approximate surface area is 302 Å². The lowest BCUT2D eigenvalue weighted by Crippen LogP contribution is -2.54. The van der Waals surface area contributed by atoms with Crippen LogP contribution in [0, 0.1) is 11.8 Å². The molecule has 4 atom stereocenters. The number of alkyl halides is 3. The fourth-order valence-electron chi connectivity index (χ4n) is 6.31. The molecule has 3 N–H and O–H groups in total. The Hall–Kier alpha value is -4.59. The number of aliphatic hydroxyl groups is 1. The number of halogens is 3. The summed E-state index contributed by atoms with van der Waals surface area (Å²) in [4.78, 5) is 46.7. The summed E-state index contributed by atoms with van der Waals surface area (Å²) < 4.78 is 49.9. The average Bonchev–Trinajstić information content (AvgIpc) is 3.61. The minimum Gasteiger partial charge on any atom is -0.444 e. The summed E-state index contributed by atoms with van der Waals surface area (Å²) in [5, 5.41) is 17.4. The lowest BCUT2D eigenvalue weighted by atomic mass is 9.88. The minimum atomic E-state index is -4.86. The van der Waals surface area contributed by atoms with E-state index >= 15 is 0 Å². The predicted octanol–water partition coefficient (Wildman–Crippen LogP) is 5.83. The highest BCUT2D eigenvalue weighted by Gasteiger charge is 2.36. The van der Waals surface area contributed by atoms with Crippen LogP contribution in [0.25, 0.3) is 0 Å². The molecule has 2 aromatic carbocycles. The van der Waals surface area contributed by atoms with Gasteiger partial charge in [-0.3, -0.25) is 9.59 Å². The Morgan fingerprint density at radius 3 is 2.13 bits per heavy atom. The van der Waals surface area contributed by atoms with E-state index < -0.39 is 53.8 Å². The van der Waals surface area contributed by atoms with Crippen LogP contribution in [-0.2, 0) is 27.2 Å². The monoisotopic (exact) mass is 729 g/mol. The van der Waals surface area contributed by atoms with E-state index in [4.69, 9.17) is 4.74 Å². The van der Waals surface area contributed by atoms with Crippen LogP contribution in [0.3, 0.4) is 0 Å². The molecule has 0 saturated carbocycles. The molecule has 1 aromatic heterocycles. The second kappa shape index (κ2) is 17.8. The van der Waals surface area contributed by atoms with Gasteiger partial charge in [0.25, 0.3) is 0 Å². The number of ether oxygens (including phenoxy) is 2. The third kappa shape index (κ3) is 12.6. The number of alkyl carbamates (subject to hydrolysis) is 1. The van der Waals surface area contributed by atoms with E-state index in [1.807, 2.05) is 54.9 Å². The summed E-state index contributed by atoms with van der Waals surface area (Å²) in [6.07, 6.45) is 0.0895. The summed E-state index contributed by atoms with van der Waals surface area (Å²) in [6.45, 7) is 9.84. The Bertz CT molecular complexity index is 1570. The highest BCUT2D eigenvalue weighted by Crippen LogP contribution is 2.26. The zero-order valence-electron chi connectivity index (χ0n) is 30.3. The third-order valence-corrected chi connectivity index (χ3v) is 8.95. The zero-order chi connectivity index (χ0) is 38.1. The normalized spacial score (nSPS) is 16.5. The van der Waals surface area contributed by atoms with Crippen LogP contribution >= 0.6 is 0 Å². The van der Waals surface area contributed by atoms with Gasteiger partial charge in [-0.25, -0.2) is 9.78 Å². The van der Waals surface area contributed by atoms with Crippen molar-refractivity contribution in [3.05, 3.63) is 84.4 Å². The largest absolute Gasteiger partial charge is 0.573 e. The molecule has 284 valence electrons. The molecule has 3 aromatic rings. The maximum absolute atomic E-state index is 14.1. The Morgan fingerprint density at radius 2 is 1.58 bits per heavy atom. The van der Waals surface area contributed by atoms with Crippen molar-refractivity contribution in [1.29, 1.82) is 0 Å². The number of likely N-dealkylation sites (tertiary alicyclic amines) is 1. The fourth-order valence-corrected chi connectivity index (χ4v) is 6.31. The molecule has 11 nitrogen and oxygen atoms in total. The number of piperidine rings is 1. The van der Waals surface area contributed by atoms with E-state index in [1.165, 1.54) is 12.1 Å². The van der Waals surface area contributed by atoms with Gasteiger partial charge in [0.2, 0.25) is 11.8 Å². The SMILES string of the molecule is CC(C)[C@H](NC(=O)C(Cc1ccc(OC(F)(F)F)cc1)CC(O)C(Cc1ccccc1)NC(=O)OC(C)(C)C)C(=O)N1CCC(n2ccnc2)CC1. The van der Waals surface area contributed by atoms with Crippen LogP contribution in [-0.4, -0.2) is 80.7 Å². The van der Waals surface area contributed by atoms with Crippen molar-refractivity contribution in [2.24, 2.45) is 11.8 Å². The van der Waals surface area contributed by atoms with Crippen molar-refractivity contribution < 1.29 is 42.1 Å². The summed E-state index contributed by atoms with van der Waals surface area (Å²) in [5.41, 5.74) is 0.533. The predicted molar refractivity (Wildman–Crippen MR) is 188 cm³/mol. The summed E-state index contributed by atoms with van der Waals surface area (Å²) >= 11 is 0. The second-order valence-corrected chi connectivity index (χ2v) is 14.6. The fraction of sp³-hybridized carbons (Fsp3) is 0.526. The van der Waals surface area contributed by atoms with Crippen LogP contribution in [0.5, 0.6) is 5.75 Å². The molecule has 3 amide bonds. The number of amides is 3. The molecule has 14 heteroatoms. The van der Waals surface area contributed by atoms with Gasteiger partial charge in [-0.15, -0.1) is 13.2 Å². The van der Waals surface area contributed by atoms with Gasteiger partial charge in [0, 0.05) is 37.4 Å². The van der Waals surface area contributed by atoms with Crippen molar-refractivity contribution in [3.8, 4) is 5.75 Å². The van der Waals surface area contributed by atoms with Gasteiger partial charge in [0.15, 0.2) is 0 Å². The molecule has 1 aliphatic heterocycles. The summed E-state index contributed by atoms with van der Waals surface area (Å²) in [6, 6.07) is 12.8. The molecule has 0 bridgehead atoms. The van der Waals surface area contributed by atoms with Crippen molar-refractivity contribution in [2.45, 2.75) is 103 Å². The summed E-state index contributed by atoms with van der Waals surface area (Å²) in [5.74, 6) is -2.35. The van der Waals surface area contributed by atoms with E-state index in [0.717, 1.165) is 30.5 Å². The Morgan fingerprint density at radius 1 is 0.942 bits per heavy atom. The van der Waals surface area contributed by atoms with E-state index in [-0.39, 0.29) is 37.1 Å². The number of carbonyl (C=O) groups is 3. The number of carbonyl (C=O) groups excluding carboxylic acids is 3. The maximum atomic E-state index is 14.1. The van der Waals surface area contributed by atoms with E-state index in [0.29, 0.717) is 18.7 Å². The van der Waals surface area contributed by atoms with Crippen molar-refractivity contribution in [1.82, 2.24) is 25.1 Å². The first-order valence-electron chi connectivity index (χ1n) is 17.6. The molecule has 1 fully saturated rings. The van der Waals surface area contributed by atoms with Gasteiger partial charge < -0.3 is 34.7 Å². The van der Waals surface area contributed by atoms with Gasteiger partial charge >= 0.3 is 12.5 Å². The number of aromatic nitrogens is 2. The van der Waals surface area contributed by atoms with Crippen molar-refractivity contribution in [3.63, 3.8) is 0 Å². The van der Waals surface area contributed by atoms with E-state index in [1.54, 1.807) is 38.2 Å². The van der Waals surface area contributed by atoms with Crippen LogP contribution in [0.15, 0.2) is 73.3 Å². The molecule has 52 heavy (non-hydrogen) atoms. The summed E-state index contributed by atoms with van der Waals surface area (Å²) in [7, 11) is 0. The first-order chi connectivity index (χ1) is 24.5. The van der Waals surface area contributed by atoms with Gasteiger partial charge in [-0.2, -0.15) is 0 Å². The van der Waals surface area contributed by atoms with Crippen molar-refractivity contribution in [2.75, 3.05) is 13.1 Å². The molecule has 3 unspecified atom stereocenters. The highest BCUT2D eigenvalue weighted by molar-refractivity contribution is 5.89. The lowest BCUT2D eigenvalue weighted by molar-refractivity contribution is -0.274. The van der Waals surface area contributed by atoms with Gasteiger partial charge in [-0.1, -0.05) is 56.3 Å². The molecule has 0 aliphatic carbocycles. The van der Waals surface area contributed by atoms with Gasteiger partial charge in [0.05, 0.1) is 18.5 Å². The smallest absolute Gasteiger partial charge is 0.444 e. The maximum Gasteiger partial charge on any atom is 0.573 e. The minimum absolute atomic E-state index is 0.0228. The molecule has 1 aliphatic rings. The number of rotatable bonds is 14. The average molecular weight is 730 g/mol. The molecular formula is C38H50F3N5O6. The van der Waals surface area contributed by atoms with Crippen LogP contribution in [0.4, 0.5) is 18.0 Å². The number of imidazole rings is 1.